The first kappa shape index (κ1) is 18.1. The van der Waals surface area contributed by atoms with Crippen molar-refractivity contribution in [3.63, 3.8) is 0 Å². The second kappa shape index (κ2) is 7.69. The summed E-state index contributed by atoms with van der Waals surface area (Å²) in [5.41, 5.74) is 9.49. The molecule has 2 aromatic heterocycles. The number of nitrogen functional groups attached to an aromatic ring is 1. The van der Waals surface area contributed by atoms with Crippen molar-refractivity contribution in [2.75, 3.05) is 16.4 Å². The first-order valence-corrected chi connectivity index (χ1v) is 8.42. The Kier molecular flexibility index (Phi) is 5.16. The summed E-state index contributed by atoms with van der Waals surface area (Å²) in [4.78, 5) is 28.0. The second-order valence-electron chi connectivity index (χ2n) is 5.99. The van der Waals surface area contributed by atoms with Crippen LogP contribution in [0.15, 0.2) is 48.9 Å². The molecule has 3 rings (SSSR count). The van der Waals surface area contributed by atoms with Crippen molar-refractivity contribution in [1.29, 1.82) is 0 Å². The van der Waals surface area contributed by atoms with E-state index in [1.54, 1.807) is 42.1 Å². The SMILES string of the molecule is CCC(=O)Nc1ccc(C(=O)Nc2cc(-c3cnn(C)c3)ccc2N)nc1. The minimum atomic E-state index is -0.390. The van der Waals surface area contributed by atoms with Crippen LogP contribution in [-0.2, 0) is 11.8 Å². The Hall–Kier alpha value is -3.68. The van der Waals surface area contributed by atoms with Crippen molar-refractivity contribution in [3.8, 4) is 11.1 Å². The van der Waals surface area contributed by atoms with Crippen LogP contribution in [0.2, 0.25) is 0 Å². The van der Waals surface area contributed by atoms with Gasteiger partial charge in [-0.3, -0.25) is 14.3 Å². The van der Waals surface area contributed by atoms with Crippen molar-refractivity contribution >= 4 is 28.9 Å². The molecule has 0 spiro atoms. The monoisotopic (exact) mass is 364 g/mol. The molecule has 138 valence electrons. The molecular weight excluding hydrogens is 344 g/mol. The second-order valence-corrected chi connectivity index (χ2v) is 5.99. The summed E-state index contributed by atoms with van der Waals surface area (Å²) >= 11 is 0. The molecule has 27 heavy (non-hydrogen) atoms. The van der Waals surface area contributed by atoms with Crippen molar-refractivity contribution in [3.05, 3.63) is 54.6 Å². The number of aromatic nitrogens is 3. The molecule has 0 saturated heterocycles. The maximum Gasteiger partial charge on any atom is 0.274 e. The molecule has 0 saturated carbocycles. The molecule has 0 fully saturated rings. The number of pyridine rings is 1. The average Bonchev–Trinajstić information content (AvgIpc) is 3.10. The Morgan fingerprint density at radius 2 is 1.93 bits per heavy atom. The zero-order chi connectivity index (χ0) is 19.4. The van der Waals surface area contributed by atoms with Crippen molar-refractivity contribution in [2.45, 2.75) is 13.3 Å². The molecule has 8 heteroatoms. The van der Waals surface area contributed by atoms with Gasteiger partial charge < -0.3 is 16.4 Å². The molecule has 8 nitrogen and oxygen atoms in total. The van der Waals surface area contributed by atoms with E-state index in [0.717, 1.165) is 11.1 Å². The van der Waals surface area contributed by atoms with Gasteiger partial charge in [0.25, 0.3) is 5.91 Å². The largest absolute Gasteiger partial charge is 0.397 e. The highest BCUT2D eigenvalue weighted by atomic mass is 16.2. The predicted octanol–water partition coefficient (Wildman–Crippen LogP) is 2.67. The van der Waals surface area contributed by atoms with Gasteiger partial charge in [0, 0.05) is 25.2 Å². The zero-order valence-corrected chi connectivity index (χ0v) is 15.1. The highest BCUT2D eigenvalue weighted by Gasteiger charge is 2.12. The number of amides is 2. The van der Waals surface area contributed by atoms with Crippen LogP contribution < -0.4 is 16.4 Å². The number of carbonyl (C=O) groups excluding carboxylic acids is 2. The first-order chi connectivity index (χ1) is 13.0. The lowest BCUT2D eigenvalue weighted by Gasteiger charge is -2.10. The molecule has 2 amide bonds. The summed E-state index contributed by atoms with van der Waals surface area (Å²) in [6.07, 6.45) is 5.43. The van der Waals surface area contributed by atoms with E-state index < -0.39 is 5.91 Å². The Bertz CT molecular complexity index is 978. The van der Waals surface area contributed by atoms with E-state index in [1.807, 2.05) is 19.3 Å². The van der Waals surface area contributed by atoms with Crippen LogP contribution >= 0.6 is 0 Å². The zero-order valence-electron chi connectivity index (χ0n) is 15.1. The van der Waals surface area contributed by atoms with Gasteiger partial charge in [-0.15, -0.1) is 0 Å². The topological polar surface area (TPSA) is 115 Å². The predicted molar refractivity (Wildman–Crippen MR) is 104 cm³/mol. The number of nitrogens with one attached hydrogen (secondary N) is 2. The number of carbonyl (C=O) groups is 2. The third-order valence-electron chi connectivity index (χ3n) is 3.94. The smallest absolute Gasteiger partial charge is 0.274 e. The number of benzene rings is 1. The Morgan fingerprint density at radius 3 is 2.56 bits per heavy atom. The van der Waals surface area contributed by atoms with Crippen molar-refractivity contribution in [1.82, 2.24) is 14.8 Å². The molecule has 0 aliphatic carbocycles. The number of nitrogens with two attached hydrogens (primary N) is 1. The van der Waals surface area contributed by atoms with E-state index in [2.05, 4.69) is 20.7 Å². The van der Waals surface area contributed by atoms with Crippen LogP contribution in [0.5, 0.6) is 0 Å². The fraction of sp³-hybridized carbons (Fsp3) is 0.158. The molecule has 0 atom stereocenters. The highest BCUT2D eigenvalue weighted by Crippen LogP contribution is 2.27. The normalized spacial score (nSPS) is 10.4. The van der Waals surface area contributed by atoms with Gasteiger partial charge in [0.1, 0.15) is 5.69 Å². The van der Waals surface area contributed by atoms with Crippen molar-refractivity contribution in [2.24, 2.45) is 7.05 Å². The number of rotatable bonds is 5. The lowest BCUT2D eigenvalue weighted by Crippen LogP contribution is -2.15. The van der Waals surface area contributed by atoms with Gasteiger partial charge in [-0.25, -0.2) is 4.98 Å². The first-order valence-electron chi connectivity index (χ1n) is 8.42. The summed E-state index contributed by atoms with van der Waals surface area (Å²) < 4.78 is 1.70. The maximum absolute atomic E-state index is 12.5. The van der Waals surface area contributed by atoms with Gasteiger partial charge in [-0.05, 0) is 29.8 Å². The minimum Gasteiger partial charge on any atom is -0.397 e. The molecule has 3 aromatic rings. The van der Waals surface area contributed by atoms with Gasteiger partial charge in [0.2, 0.25) is 5.91 Å². The van der Waals surface area contributed by atoms with E-state index >= 15 is 0 Å². The summed E-state index contributed by atoms with van der Waals surface area (Å²) in [5, 5.41) is 9.60. The summed E-state index contributed by atoms with van der Waals surface area (Å²) in [7, 11) is 1.84. The number of hydrogen-bond donors (Lipinski definition) is 3. The van der Waals surface area contributed by atoms with Crippen LogP contribution in [0.4, 0.5) is 17.1 Å². The Morgan fingerprint density at radius 1 is 1.11 bits per heavy atom. The standard InChI is InChI=1S/C19H20N6O2/c1-3-18(26)23-14-5-7-16(21-10-14)19(27)24-17-8-12(4-6-15(17)20)13-9-22-25(2)11-13/h4-11H,3,20H2,1-2H3,(H,23,26)(H,24,27). The van der Waals surface area contributed by atoms with Crippen molar-refractivity contribution < 1.29 is 9.59 Å². The molecule has 1 aromatic carbocycles. The average molecular weight is 364 g/mol. The Labute approximate surface area is 156 Å². The van der Waals surface area contributed by atoms with E-state index in [1.165, 1.54) is 6.20 Å². The van der Waals surface area contributed by atoms with Crippen LogP contribution in [-0.4, -0.2) is 26.6 Å². The van der Waals surface area contributed by atoms with Crippen LogP contribution in [0.3, 0.4) is 0 Å². The van der Waals surface area contributed by atoms with E-state index in [9.17, 15) is 9.59 Å². The maximum atomic E-state index is 12.5. The molecule has 0 aliphatic heterocycles. The third-order valence-corrected chi connectivity index (χ3v) is 3.94. The third kappa shape index (κ3) is 4.30. The fourth-order valence-electron chi connectivity index (χ4n) is 2.45. The number of hydrogen-bond acceptors (Lipinski definition) is 5. The number of aryl methyl sites for hydroxylation is 1. The summed E-state index contributed by atoms with van der Waals surface area (Å²) in [6, 6.07) is 8.56. The van der Waals surface area contributed by atoms with Gasteiger partial charge in [0.15, 0.2) is 0 Å². The molecule has 2 heterocycles. The molecule has 4 N–H and O–H groups in total. The highest BCUT2D eigenvalue weighted by molar-refractivity contribution is 6.05. The van der Waals surface area contributed by atoms with Gasteiger partial charge >= 0.3 is 0 Å². The summed E-state index contributed by atoms with van der Waals surface area (Å²) in [5.74, 6) is -0.507. The van der Waals surface area contributed by atoms with E-state index in [-0.39, 0.29) is 11.6 Å². The lowest BCUT2D eigenvalue weighted by molar-refractivity contribution is -0.115. The summed E-state index contributed by atoms with van der Waals surface area (Å²) in [6.45, 7) is 1.76. The van der Waals surface area contributed by atoms with E-state index in [0.29, 0.717) is 23.5 Å². The van der Waals surface area contributed by atoms with E-state index in [4.69, 9.17) is 5.73 Å². The lowest BCUT2D eigenvalue weighted by atomic mass is 10.1. The number of anilines is 3. The van der Waals surface area contributed by atoms with Gasteiger partial charge in [-0.1, -0.05) is 13.0 Å². The minimum absolute atomic E-state index is 0.117. The molecule has 0 aliphatic rings. The molecule has 0 radical (unpaired) electrons. The molecule has 0 bridgehead atoms. The van der Waals surface area contributed by atoms with Gasteiger partial charge in [-0.2, -0.15) is 5.10 Å². The van der Waals surface area contributed by atoms with Gasteiger partial charge in [0.05, 0.1) is 29.5 Å². The quantitative estimate of drug-likeness (QED) is 0.602. The molecule has 0 unspecified atom stereocenters. The van der Waals surface area contributed by atoms with Crippen LogP contribution in [0.1, 0.15) is 23.8 Å². The fourth-order valence-corrected chi connectivity index (χ4v) is 2.45. The molecular formula is C19H20N6O2. The Balaban J connectivity index is 1.76. The number of nitrogens with zero attached hydrogens (tertiary/aromatic N) is 3. The van der Waals surface area contributed by atoms with Crippen LogP contribution in [0, 0.1) is 0 Å². The van der Waals surface area contributed by atoms with Crippen LogP contribution in [0.25, 0.3) is 11.1 Å².